The quantitative estimate of drug-likeness (QED) is 0.738. The zero-order valence-corrected chi connectivity index (χ0v) is 13.7. The van der Waals surface area contributed by atoms with E-state index in [1.165, 1.54) is 6.33 Å². The molecule has 2 bridgehead atoms. The summed E-state index contributed by atoms with van der Waals surface area (Å²) < 4.78 is 19.5. The molecule has 0 spiro atoms. The van der Waals surface area contributed by atoms with Crippen LogP contribution in [-0.4, -0.2) is 61.7 Å². The van der Waals surface area contributed by atoms with Crippen LogP contribution in [0.4, 0.5) is 5.82 Å². The Morgan fingerprint density at radius 3 is 3.04 bits per heavy atom. The topological polar surface area (TPSA) is 118 Å². The molecule has 9 nitrogen and oxygen atoms in total. The van der Waals surface area contributed by atoms with Crippen LogP contribution in [0.3, 0.4) is 0 Å². The highest BCUT2D eigenvalue weighted by molar-refractivity contribution is 7.37. The predicted octanol–water partition coefficient (Wildman–Crippen LogP) is 0.0642. The van der Waals surface area contributed by atoms with E-state index in [0.717, 1.165) is 0 Å². The van der Waals surface area contributed by atoms with Crippen molar-refractivity contribution in [3.8, 4) is 0 Å². The van der Waals surface area contributed by atoms with Crippen molar-refractivity contribution >= 4 is 25.6 Å². The van der Waals surface area contributed by atoms with E-state index in [1.807, 2.05) is 6.66 Å². The number of nitrogen functional groups attached to an aromatic ring is 1. The van der Waals surface area contributed by atoms with Gasteiger partial charge in [-0.05, 0) is 13.6 Å². The number of aliphatic hydroxyl groups is 1. The summed E-state index contributed by atoms with van der Waals surface area (Å²) >= 11 is 0. The van der Waals surface area contributed by atoms with Gasteiger partial charge in [0.15, 0.2) is 23.5 Å². The number of anilines is 1. The number of fused-ring (bicyclic) bond motifs is 3. The summed E-state index contributed by atoms with van der Waals surface area (Å²) in [5, 5.41) is 10.6. The summed E-state index contributed by atoms with van der Waals surface area (Å²) in [5.41, 5.74) is 6.85. The van der Waals surface area contributed by atoms with E-state index in [4.69, 9.17) is 19.9 Å². The second-order valence-electron chi connectivity index (χ2n) is 5.74. The van der Waals surface area contributed by atoms with Gasteiger partial charge in [-0.15, -0.1) is 0 Å². The van der Waals surface area contributed by atoms with Crippen LogP contribution in [0.25, 0.3) is 11.2 Å². The van der Waals surface area contributed by atoms with E-state index in [2.05, 4.69) is 15.0 Å². The summed E-state index contributed by atoms with van der Waals surface area (Å²) in [6.45, 7) is 4.15. The lowest BCUT2D eigenvalue weighted by atomic mass is 10.1. The second kappa shape index (κ2) is 5.32. The Morgan fingerprint density at radius 2 is 2.26 bits per heavy atom. The molecule has 2 aliphatic heterocycles. The smallest absolute Gasteiger partial charge is 0.196 e. The number of aliphatic hydroxyl groups excluding tert-OH is 1. The SMILES string of the molecule is CPC1CO[C@@]2(C)OC(n3cnc4c(N)ncnc43)C(O1)C2O. The average Bonchev–Trinajstić information content (AvgIpc) is 3.02. The number of aromatic nitrogens is 4. The molecule has 0 amide bonds. The van der Waals surface area contributed by atoms with Gasteiger partial charge >= 0.3 is 0 Å². The van der Waals surface area contributed by atoms with Crippen LogP contribution in [0.2, 0.25) is 0 Å². The fraction of sp³-hybridized carbons (Fsp3) is 0.615. The van der Waals surface area contributed by atoms with Crippen LogP contribution in [-0.2, 0) is 14.2 Å². The number of hydrogen-bond donors (Lipinski definition) is 2. The number of nitrogens with zero attached hydrogens (tertiary/aromatic N) is 4. The van der Waals surface area contributed by atoms with Crippen molar-refractivity contribution in [2.24, 2.45) is 0 Å². The molecule has 0 radical (unpaired) electrons. The van der Waals surface area contributed by atoms with Crippen LogP contribution in [0.5, 0.6) is 0 Å². The Kier molecular flexibility index (Phi) is 3.51. The highest BCUT2D eigenvalue weighted by atomic mass is 31.1. The van der Waals surface area contributed by atoms with Gasteiger partial charge in [0.2, 0.25) is 0 Å². The van der Waals surface area contributed by atoms with Crippen LogP contribution in [0.1, 0.15) is 13.2 Å². The Bertz CT molecular complexity index is 742. The molecule has 2 fully saturated rings. The van der Waals surface area contributed by atoms with Gasteiger partial charge in [-0.1, -0.05) is 8.58 Å². The standard InChI is InChI=1S/C13H18N5O4P/c1-13-9(19)8(21-6(23-2)3-20-13)12(22-13)18-5-17-7-10(14)15-4-16-11(7)18/h4-6,8-9,12,19,23H,3H2,1-2H3,(H2,14,15,16)/t6?,8?,9?,12?,13-/m0/s1. The van der Waals surface area contributed by atoms with E-state index in [1.54, 1.807) is 17.8 Å². The van der Waals surface area contributed by atoms with Crippen molar-refractivity contribution in [1.29, 1.82) is 0 Å². The molecule has 2 aromatic rings. The molecule has 2 saturated heterocycles. The number of hydrogen-bond acceptors (Lipinski definition) is 8. The fourth-order valence-electron chi connectivity index (χ4n) is 2.98. The van der Waals surface area contributed by atoms with Crippen LogP contribution >= 0.6 is 8.58 Å². The predicted molar refractivity (Wildman–Crippen MR) is 83.1 cm³/mol. The number of rotatable bonds is 2. The minimum absolute atomic E-state index is 0.0719. The lowest BCUT2D eigenvalue weighted by molar-refractivity contribution is -0.261. The highest BCUT2D eigenvalue weighted by Crippen LogP contribution is 2.44. The molecular formula is C13H18N5O4P. The van der Waals surface area contributed by atoms with Crippen LogP contribution < -0.4 is 5.73 Å². The molecule has 3 N–H and O–H groups in total. The Labute approximate surface area is 133 Å². The Morgan fingerprint density at radius 1 is 1.43 bits per heavy atom. The van der Waals surface area contributed by atoms with E-state index in [-0.39, 0.29) is 5.85 Å². The largest absolute Gasteiger partial charge is 0.385 e. The molecule has 6 atom stereocenters. The van der Waals surface area contributed by atoms with Gasteiger partial charge in [-0.3, -0.25) is 4.57 Å². The number of nitrogens with two attached hydrogens (primary N) is 1. The van der Waals surface area contributed by atoms with E-state index < -0.39 is 24.2 Å². The molecule has 4 heterocycles. The third-order valence-corrected chi connectivity index (χ3v) is 5.26. The van der Waals surface area contributed by atoms with Gasteiger partial charge in [0.1, 0.15) is 24.1 Å². The second-order valence-corrected chi connectivity index (χ2v) is 6.96. The zero-order chi connectivity index (χ0) is 16.2. The van der Waals surface area contributed by atoms with Crippen LogP contribution in [0, 0.1) is 0 Å². The molecule has 10 heteroatoms. The lowest BCUT2D eigenvalue weighted by Gasteiger charge is -2.29. The van der Waals surface area contributed by atoms with Crippen molar-refractivity contribution in [2.75, 3.05) is 19.0 Å². The van der Waals surface area contributed by atoms with E-state index >= 15 is 0 Å². The first-order chi connectivity index (χ1) is 11.0. The molecule has 0 aromatic carbocycles. The third kappa shape index (κ3) is 2.23. The first kappa shape index (κ1) is 15.2. The summed E-state index contributed by atoms with van der Waals surface area (Å²) in [7, 11) is 0.538. The summed E-state index contributed by atoms with van der Waals surface area (Å²) in [4.78, 5) is 12.4. The monoisotopic (exact) mass is 339 g/mol. The molecule has 0 aliphatic carbocycles. The normalized spacial score (nSPS) is 37.7. The molecule has 0 saturated carbocycles. The van der Waals surface area contributed by atoms with Gasteiger partial charge in [-0.2, -0.15) is 0 Å². The maximum absolute atomic E-state index is 10.6. The van der Waals surface area contributed by atoms with Crippen molar-refractivity contribution in [2.45, 2.75) is 37.0 Å². The van der Waals surface area contributed by atoms with Crippen molar-refractivity contribution in [1.82, 2.24) is 19.5 Å². The molecule has 2 aromatic heterocycles. The van der Waals surface area contributed by atoms with Gasteiger partial charge < -0.3 is 25.1 Å². The Balaban J connectivity index is 1.78. The summed E-state index contributed by atoms with van der Waals surface area (Å²) in [6, 6.07) is 0. The molecule has 2 aliphatic rings. The fourth-order valence-corrected chi connectivity index (χ4v) is 3.53. The van der Waals surface area contributed by atoms with Gasteiger partial charge in [0.25, 0.3) is 0 Å². The lowest BCUT2D eigenvalue weighted by Crippen LogP contribution is -2.41. The van der Waals surface area contributed by atoms with Gasteiger partial charge in [-0.25, -0.2) is 15.0 Å². The zero-order valence-electron chi connectivity index (χ0n) is 12.7. The maximum Gasteiger partial charge on any atom is 0.196 e. The highest BCUT2D eigenvalue weighted by Gasteiger charge is 2.57. The van der Waals surface area contributed by atoms with Crippen molar-refractivity contribution in [3.05, 3.63) is 12.7 Å². The minimum atomic E-state index is -1.13. The van der Waals surface area contributed by atoms with E-state index in [9.17, 15) is 5.11 Å². The molecule has 23 heavy (non-hydrogen) atoms. The van der Waals surface area contributed by atoms with Crippen molar-refractivity contribution < 1.29 is 19.3 Å². The molecular weight excluding hydrogens is 321 g/mol. The first-order valence-electron chi connectivity index (χ1n) is 7.29. The minimum Gasteiger partial charge on any atom is -0.385 e. The van der Waals surface area contributed by atoms with Crippen LogP contribution in [0.15, 0.2) is 12.7 Å². The first-order valence-corrected chi connectivity index (χ1v) is 8.87. The molecule has 4 rings (SSSR count). The Hall–Kier alpha value is -1.38. The third-order valence-electron chi connectivity index (χ3n) is 4.31. The van der Waals surface area contributed by atoms with Gasteiger partial charge in [0.05, 0.1) is 18.8 Å². The van der Waals surface area contributed by atoms with Crippen molar-refractivity contribution in [3.63, 3.8) is 0 Å². The summed E-state index contributed by atoms with van der Waals surface area (Å²) in [6.07, 6.45) is 0.849. The summed E-state index contributed by atoms with van der Waals surface area (Å²) in [5.74, 6) is -0.903. The average molecular weight is 339 g/mol. The molecule has 5 unspecified atom stereocenters. The maximum atomic E-state index is 10.6. The van der Waals surface area contributed by atoms with Gasteiger partial charge in [0, 0.05) is 0 Å². The molecule has 124 valence electrons. The van der Waals surface area contributed by atoms with E-state index in [0.29, 0.717) is 32.2 Å². The number of imidazole rings is 1. The number of ether oxygens (including phenoxy) is 3.